The van der Waals surface area contributed by atoms with Crippen LogP contribution in [0, 0.1) is 0 Å². The van der Waals surface area contributed by atoms with E-state index in [1.54, 1.807) is 60.7 Å². The second-order valence-electron chi connectivity index (χ2n) is 6.02. The van der Waals surface area contributed by atoms with Gasteiger partial charge < -0.3 is 18.8 Å². The Morgan fingerprint density at radius 2 is 1.43 bits per heavy atom. The van der Waals surface area contributed by atoms with Crippen molar-refractivity contribution >= 4 is 34.7 Å². The smallest absolute Gasteiger partial charge is 0.493 e. The number of hydrogen-bond acceptors (Lipinski definition) is 4. The maximum absolute atomic E-state index is 14.4. The van der Waals surface area contributed by atoms with Gasteiger partial charge >= 0.3 is 6.29 Å². The fraction of sp³-hybridized carbons (Fsp3) is 0.100. The van der Waals surface area contributed by atoms with Gasteiger partial charge in [0.25, 0.3) is 0 Å². The SMILES string of the molecule is COc1cc(P(=O)(c2ccccc2)c2ccccc2)c(Cl)c2c1OC(F)(F)O2. The van der Waals surface area contributed by atoms with Gasteiger partial charge in [-0.05, 0) is 6.07 Å². The molecule has 0 saturated heterocycles. The normalized spacial score (nSPS) is 14.7. The molecule has 0 N–H and O–H groups in total. The highest BCUT2D eigenvalue weighted by Crippen LogP contribution is 2.55. The van der Waals surface area contributed by atoms with Gasteiger partial charge in [-0.1, -0.05) is 72.3 Å². The van der Waals surface area contributed by atoms with Crippen LogP contribution in [-0.2, 0) is 4.57 Å². The van der Waals surface area contributed by atoms with Crippen molar-refractivity contribution in [2.45, 2.75) is 6.29 Å². The Morgan fingerprint density at radius 3 is 1.93 bits per heavy atom. The van der Waals surface area contributed by atoms with Crippen molar-refractivity contribution in [1.82, 2.24) is 0 Å². The van der Waals surface area contributed by atoms with Crippen LogP contribution in [0.4, 0.5) is 8.78 Å². The number of rotatable bonds is 4. The third-order valence-electron chi connectivity index (χ3n) is 4.36. The van der Waals surface area contributed by atoms with Crippen molar-refractivity contribution in [3.63, 3.8) is 0 Å². The predicted octanol–water partition coefficient (Wildman–Crippen LogP) is 4.31. The minimum Gasteiger partial charge on any atom is -0.493 e. The maximum atomic E-state index is 14.4. The predicted molar refractivity (Wildman–Crippen MR) is 104 cm³/mol. The minimum atomic E-state index is -3.89. The molecule has 0 unspecified atom stereocenters. The molecular formula is C20H14ClF2O4P. The number of halogens is 3. The Kier molecular flexibility index (Phi) is 4.56. The van der Waals surface area contributed by atoms with E-state index in [0.717, 1.165) is 0 Å². The van der Waals surface area contributed by atoms with Crippen LogP contribution in [0.15, 0.2) is 66.7 Å². The number of alkyl halides is 2. The zero-order chi connectivity index (χ0) is 19.9. The maximum Gasteiger partial charge on any atom is 0.586 e. The topological polar surface area (TPSA) is 44.8 Å². The summed E-state index contributed by atoms with van der Waals surface area (Å²) in [5.74, 6) is -0.763. The van der Waals surface area contributed by atoms with Crippen LogP contribution in [0.1, 0.15) is 0 Å². The van der Waals surface area contributed by atoms with Crippen LogP contribution in [0.2, 0.25) is 5.02 Å². The lowest BCUT2D eigenvalue weighted by atomic mass is 10.3. The number of methoxy groups -OCH3 is 1. The van der Waals surface area contributed by atoms with E-state index in [1.165, 1.54) is 13.2 Å². The Bertz CT molecular complexity index is 1030. The summed E-state index contributed by atoms with van der Waals surface area (Å²) in [4.78, 5) is 0. The van der Waals surface area contributed by atoms with Crippen molar-refractivity contribution in [3.8, 4) is 17.2 Å². The molecule has 0 atom stereocenters. The Balaban J connectivity index is 2.04. The fourth-order valence-electron chi connectivity index (χ4n) is 3.11. The van der Waals surface area contributed by atoms with Crippen molar-refractivity contribution in [2.75, 3.05) is 7.11 Å². The number of ether oxygens (including phenoxy) is 3. The molecule has 1 aliphatic rings. The molecule has 0 amide bonds. The molecular weight excluding hydrogens is 409 g/mol. The quantitative estimate of drug-likeness (QED) is 0.588. The highest BCUT2D eigenvalue weighted by Gasteiger charge is 2.48. The van der Waals surface area contributed by atoms with Gasteiger partial charge in [0.2, 0.25) is 5.75 Å². The first-order valence-electron chi connectivity index (χ1n) is 8.25. The number of benzene rings is 3. The first kappa shape index (κ1) is 18.8. The van der Waals surface area contributed by atoms with E-state index in [2.05, 4.69) is 9.47 Å². The molecule has 0 fully saturated rings. The molecule has 4 nitrogen and oxygen atoms in total. The summed E-state index contributed by atoms with van der Waals surface area (Å²) in [6, 6.07) is 18.8. The first-order valence-corrected chi connectivity index (χ1v) is 10.3. The van der Waals surface area contributed by atoms with Gasteiger partial charge in [-0.15, -0.1) is 8.78 Å². The average molecular weight is 423 g/mol. The standard InChI is InChI=1S/C20H14ClF2O4P/c1-25-15-12-16(17(21)19-18(15)26-20(22,23)27-19)28(24,13-8-4-2-5-9-13)14-10-6-3-7-11-14/h2-12H,1H3. The van der Waals surface area contributed by atoms with E-state index < -0.39 is 19.2 Å². The molecule has 0 aliphatic carbocycles. The molecule has 1 heterocycles. The zero-order valence-electron chi connectivity index (χ0n) is 14.6. The van der Waals surface area contributed by atoms with Gasteiger partial charge in [0.05, 0.1) is 12.1 Å². The van der Waals surface area contributed by atoms with Gasteiger partial charge in [0, 0.05) is 15.9 Å². The van der Waals surface area contributed by atoms with Crippen LogP contribution in [0.25, 0.3) is 0 Å². The molecule has 0 spiro atoms. The number of fused-ring (bicyclic) bond motifs is 1. The fourth-order valence-corrected chi connectivity index (χ4v) is 6.36. The summed E-state index contributed by atoms with van der Waals surface area (Å²) in [7, 11) is -2.23. The lowest BCUT2D eigenvalue weighted by molar-refractivity contribution is -0.287. The number of hydrogen-bond donors (Lipinski definition) is 0. The van der Waals surface area contributed by atoms with Crippen molar-refractivity contribution < 1.29 is 27.6 Å². The summed E-state index contributed by atoms with van der Waals surface area (Å²) >= 11 is 6.43. The Morgan fingerprint density at radius 1 is 0.929 bits per heavy atom. The molecule has 3 aromatic carbocycles. The van der Waals surface area contributed by atoms with E-state index in [0.29, 0.717) is 10.6 Å². The summed E-state index contributed by atoms with van der Waals surface area (Å²) < 4.78 is 56.1. The molecule has 3 aromatic rings. The summed E-state index contributed by atoms with van der Waals surface area (Å²) in [5.41, 5.74) is 0. The molecule has 4 rings (SSSR count). The molecule has 0 bridgehead atoms. The lowest BCUT2D eigenvalue weighted by Crippen LogP contribution is -2.27. The monoisotopic (exact) mass is 422 g/mol. The second kappa shape index (κ2) is 6.80. The van der Waals surface area contributed by atoms with Crippen LogP contribution in [0.3, 0.4) is 0 Å². The molecule has 0 radical (unpaired) electrons. The third-order valence-corrected chi connectivity index (χ3v) is 7.95. The molecule has 28 heavy (non-hydrogen) atoms. The Labute approximate surface area is 165 Å². The van der Waals surface area contributed by atoms with E-state index in [1.807, 2.05) is 0 Å². The first-order chi connectivity index (χ1) is 13.4. The molecule has 8 heteroatoms. The summed E-state index contributed by atoms with van der Waals surface area (Å²) in [6.07, 6.45) is -3.89. The largest absolute Gasteiger partial charge is 0.586 e. The average Bonchev–Trinajstić information content (AvgIpc) is 3.05. The Hall–Kier alpha value is -2.56. The highest BCUT2D eigenvalue weighted by molar-refractivity contribution is 7.85. The van der Waals surface area contributed by atoms with Gasteiger partial charge in [-0.2, -0.15) is 0 Å². The molecule has 0 saturated carbocycles. The van der Waals surface area contributed by atoms with Gasteiger partial charge in [0.1, 0.15) is 0 Å². The van der Waals surface area contributed by atoms with Crippen LogP contribution >= 0.6 is 18.7 Å². The van der Waals surface area contributed by atoms with Gasteiger partial charge in [0.15, 0.2) is 18.6 Å². The van der Waals surface area contributed by atoms with E-state index in [9.17, 15) is 13.3 Å². The summed E-state index contributed by atoms with van der Waals surface area (Å²) in [5, 5.41) is 0.916. The third kappa shape index (κ3) is 2.93. The van der Waals surface area contributed by atoms with Gasteiger partial charge in [-0.3, -0.25) is 0 Å². The summed E-state index contributed by atoms with van der Waals surface area (Å²) in [6.45, 7) is 0. The van der Waals surface area contributed by atoms with E-state index in [4.69, 9.17) is 16.3 Å². The van der Waals surface area contributed by atoms with Crippen molar-refractivity contribution in [3.05, 3.63) is 71.8 Å². The van der Waals surface area contributed by atoms with Crippen LogP contribution < -0.4 is 30.1 Å². The molecule has 144 valence electrons. The van der Waals surface area contributed by atoms with Crippen LogP contribution in [0.5, 0.6) is 17.2 Å². The second-order valence-corrected chi connectivity index (χ2v) is 9.13. The van der Waals surface area contributed by atoms with Crippen molar-refractivity contribution in [2.24, 2.45) is 0 Å². The van der Waals surface area contributed by atoms with Gasteiger partial charge in [-0.25, -0.2) is 0 Å². The van der Waals surface area contributed by atoms with E-state index >= 15 is 0 Å². The van der Waals surface area contributed by atoms with Crippen molar-refractivity contribution in [1.29, 1.82) is 0 Å². The highest BCUT2D eigenvalue weighted by atomic mass is 35.5. The minimum absolute atomic E-state index is 0.0429. The molecule has 1 aliphatic heterocycles. The van der Waals surface area contributed by atoms with E-state index in [-0.39, 0.29) is 21.8 Å². The molecule has 0 aromatic heterocycles. The zero-order valence-corrected chi connectivity index (χ0v) is 16.2. The van der Waals surface area contributed by atoms with Crippen LogP contribution in [-0.4, -0.2) is 13.4 Å². The lowest BCUT2D eigenvalue weighted by Gasteiger charge is -2.22.